The Balaban J connectivity index is 2.22. The van der Waals surface area contributed by atoms with Crippen molar-refractivity contribution >= 4 is 11.6 Å². The summed E-state index contributed by atoms with van der Waals surface area (Å²) >= 11 is 0. The first-order valence-electron chi connectivity index (χ1n) is 6.03. The van der Waals surface area contributed by atoms with Crippen molar-refractivity contribution in [3.63, 3.8) is 0 Å². The van der Waals surface area contributed by atoms with E-state index >= 15 is 0 Å². The van der Waals surface area contributed by atoms with Crippen molar-refractivity contribution in [2.24, 2.45) is 5.92 Å². The summed E-state index contributed by atoms with van der Waals surface area (Å²) < 4.78 is 0. The molecule has 3 heteroatoms. The van der Waals surface area contributed by atoms with Crippen LogP contribution >= 0.6 is 0 Å². The van der Waals surface area contributed by atoms with E-state index in [9.17, 15) is 9.59 Å². The molecular formula is C14H17NO2. The SMILES string of the molecule is CC(=O)C(C(=O)c1ccccc1)C1CCCN1. The monoisotopic (exact) mass is 231 g/mol. The van der Waals surface area contributed by atoms with Crippen molar-refractivity contribution in [1.29, 1.82) is 0 Å². The van der Waals surface area contributed by atoms with Crippen LogP contribution in [0, 0.1) is 5.92 Å². The van der Waals surface area contributed by atoms with Crippen molar-refractivity contribution in [1.82, 2.24) is 5.32 Å². The number of carbonyl (C=O) groups is 2. The molecule has 1 aliphatic heterocycles. The molecule has 0 radical (unpaired) electrons. The Bertz CT molecular complexity index is 407. The largest absolute Gasteiger partial charge is 0.313 e. The molecule has 1 aliphatic rings. The van der Waals surface area contributed by atoms with Gasteiger partial charge in [0.15, 0.2) is 5.78 Å². The third kappa shape index (κ3) is 2.61. The van der Waals surface area contributed by atoms with E-state index in [0.717, 1.165) is 19.4 Å². The van der Waals surface area contributed by atoms with Crippen molar-refractivity contribution < 1.29 is 9.59 Å². The maximum Gasteiger partial charge on any atom is 0.174 e. The average Bonchev–Trinajstić information content (AvgIpc) is 2.83. The van der Waals surface area contributed by atoms with Crippen LogP contribution in [0.25, 0.3) is 0 Å². The molecule has 1 fully saturated rings. The van der Waals surface area contributed by atoms with Gasteiger partial charge in [0.25, 0.3) is 0 Å². The predicted molar refractivity (Wildman–Crippen MR) is 66.0 cm³/mol. The highest BCUT2D eigenvalue weighted by molar-refractivity contribution is 6.10. The summed E-state index contributed by atoms with van der Waals surface area (Å²) in [5.41, 5.74) is 0.626. The van der Waals surface area contributed by atoms with Gasteiger partial charge in [-0.1, -0.05) is 30.3 Å². The summed E-state index contributed by atoms with van der Waals surface area (Å²) in [5.74, 6) is -0.629. The molecule has 2 atom stereocenters. The van der Waals surface area contributed by atoms with Gasteiger partial charge < -0.3 is 5.32 Å². The number of hydrogen-bond donors (Lipinski definition) is 1. The molecule has 1 aromatic rings. The van der Waals surface area contributed by atoms with Gasteiger partial charge in [-0.05, 0) is 26.3 Å². The van der Waals surface area contributed by atoms with Crippen LogP contribution in [-0.2, 0) is 4.79 Å². The third-order valence-electron chi connectivity index (χ3n) is 3.28. The fourth-order valence-corrected chi connectivity index (χ4v) is 2.43. The van der Waals surface area contributed by atoms with Crippen molar-refractivity contribution in [2.75, 3.05) is 6.54 Å². The topological polar surface area (TPSA) is 46.2 Å². The number of Topliss-reactive ketones (excluding diaryl/α,β-unsaturated/α-hetero) is 2. The predicted octanol–water partition coefficient (Wildman–Crippen LogP) is 1.83. The molecule has 0 aliphatic carbocycles. The zero-order chi connectivity index (χ0) is 12.3. The van der Waals surface area contributed by atoms with Crippen molar-refractivity contribution in [3.05, 3.63) is 35.9 Å². The molecule has 1 heterocycles. The zero-order valence-electron chi connectivity index (χ0n) is 9.98. The van der Waals surface area contributed by atoms with E-state index < -0.39 is 5.92 Å². The van der Waals surface area contributed by atoms with Gasteiger partial charge >= 0.3 is 0 Å². The van der Waals surface area contributed by atoms with Gasteiger partial charge in [0.1, 0.15) is 5.78 Å². The minimum Gasteiger partial charge on any atom is -0.313 e. The van der Waals surface area contributed by atoms with Gasteiger partial charge in [-0.2, -0.15) is 0 Å². The molecule has 2 rings (SSSR count). The van der Waals surface area contributed by atoms with Gasteiger partial charge in [0.2, 0.25) is 0 Å². The lowest BCUT2D eigenvalue weighted by molar-refractivity contribution is -0.120. The molecule has 0 bridgehead atoms. The first-order chi connectivity index (χ1) is 8.20. The maximum atomic E-state index is 12.3. The maximum absolute atomic E-state index is 12.3. The summed E-state index contributed by atoms with van der Waals surface area (Å²) in [6.07, 6.45) is 1.94. The first-order valence-corrected chi connectivity index (χ1v) is 6.03. The molecule has 1 aromatic carbocycles. The van der Waals surface area contributed by atoms with E-state index in [-0.39, 0.29) is 17.6 Å². The normalized spacial score (nSPS) is 21.1. The second kappa shape index (κ2) is 5.23. The van der Waals surface area contributed by atoms with Crippen LogP contribution in [0.3, 0.4) is 0 Å². The smallest absolute Gasteiger partial charge is 0.174 e. The molecular weight excluding hydrogens is 214 g/mol. The van der Waals surface area contributed by atoms with E-state index in [2.05, 4.69) is 5.32 Å². The number of benzene rings is 1. The second-order valence-electron chi connectivity index (χ2n) is 4.52. The van der Waals surface area contributed by atoms with Crippen LogP contribution in [0.2, 0.25) is 0 Å². The highest BCUT2D eigenvalue weighted by atomic mass is 16.1. The van der Waals surface area contributed by atoms with Gasteiger partial charge in [0, 0.05) is 11.6 Å². The number of nitrogens with one attached hydrogen (secondary N) is 1. The molecule has 0 saturated carbocycles. The third-order valence-corrected chi connectivity index (χ3v) is 3.28. The van der Waals surface area contributed by atoms with Gasteiger partial charge in [-0.15, -0.1) is 0 Å². The van der Waals surface area contributed by atoms with Gasteiger partial charge in [-0.3, -0.25) is 9.59 Å². The van der Waals surface area contributed by atoms with Crippen LogP contribution < -0.4 is 5.32 Å². The van der Waals surface area contributed by atoms with Crippen molar-refractivity contribution in [3.8, 4) is 0 Å². The minimum absolute atomic E-state index is 0.0141. The van der Waals surface area contributed by atoms with Crippen LogP contribution in [0.1, 0.15) is 30.1 Å². The lowest BCUT2D eigenvalue weighted by Gasteiger charge is -2.19. The highest BCUT2D eigenvalue weighted by Crippen LogP contribution is 2.20. The minimum atomic E-state index is -0.528. The van der Waals surface area contributed by atoms with E-state index in [4.69, 9.17) is 0 Å². The quantitative estimate of drug-likeness (QED) is 0.635. The molecule has 0 spiro atoms. The average molecular weight is 231 g/mol. The molecule has 2 unspecified atom stereocenters. The molecule has 1 N–H and O–H groups in total. The summed E-state index contributed by atoms with van der Waals surface area (Å²) in [7, 11) is 0. The molecule has 0 aromatic heterocycles. The van der Waals surface area contributed by atoms with E-state index in [0.29, 0.717) is 5.56 Å². The Hall–Kier alpha value is -1.48. The summed E-state index contributed by atoms with van der Waals surface area (Å²) in [6, 6.07) is 9.08. The van der Waals surface area contributed by atoms with E-state index in [1.54, 1.807) is 12.1 Å². The second-order valence-corrected chi connectivity index (χ2v) is 4.52. The molecule has 1 saturated heterocycles. The van der Waals surface area contributed by atoms with Gasteiger partial charge in [0.05, 0.1) is 5.92 Å². The number of rotatable bonds is 4. The summed E-state index contributed by atoms with van der Waals surface area (Å²) in [5, 5.41) is 3.25. The van der Waals surface area contributed by atoms with Gasteiger partial charge in [-0.25, -0.2) is 0 Å². The molecule has 17 heavy (non-hydrogen) atoms. The zero-order valence-corrected chi connectivity index (χ0v) is 9.98. The Labute approximate surface area is 101 Å². The Morgan fingerprint density at radius 1 is 1.29 bits per heavy atom. The van der Waals surface area contributed by atoms with Crippen LogP contribution in [0.4, 0.5) is 0 Å². The van der Waals surface area contributed by atoms with E-state index in [1.807, 2.05) is 18.2 Å². The number of carbonyl (C=O) groups excluding carboxylic acids is 2. The molecule has 3 nitrogen and oxygen atoms in total. The standard InChI is InChI=1S/C14H17NO2/c1-10(16)13(12-8-5-9-15-12)14(17)11-6-3-2-4-7-11/h2-4,6-7,12-13,15H,5,8-9H2,1H3. The van der Waals surface area contributed by atoms with Crippen LogP contribution in [0.5, 0.6) is 0 Å². The fourth-order valence-electron chi connectivity index (χ4n) is 2.43. The lowest BCUT2D eigenvalue weighted by atomic mass is 9.87. The number of ketones is 2. The lowest BCUT2D eigenvalue weighted by Crippen LogP contribution is -2.39. The Kier molecular flexibility index (Phi) is 3.69. The Morgan fingerprint density at radius 2 is 2.00 bits per heavy atom. The Morgan fingerprint density at radius 3 is 2.53 bits per heavy atom. The first kappa shape index (κ1) is 12.0. The van der Waals surface area contributed by atoms with Crippen LogP contribution in [-0.4, -0.2) is 24.2 Å². The summed E-state index contributed by atoms with van der Waals surface area (Å²) in [4.78, 5) is 24.0. The van der Waals surface area contributed by atoms with Crippen LogP contribution in [0.15, 0.2) is 30.3 Å². The van der Waals surface area contributed by atoms with Crippen molar-refractivity contribution in [2.45, 2.75) is 25.8 Å². The highest BCUT2D eigenvalue weighted by Gasteiger charge is 2.34. The number of hydrogen-bond acceptors (Lipinski definition) is 3. The molecule has 0 amide bonds. The summed E-state index contributed by atoms with van der Waals surface area (Å²) in [6.45, 7) is 2.40. The molecule has 90 valence electrons. The van der Waals surface area contributed by atoms with E-state index in [1.165, 1.54) is 6.92 Å². The fraction of sp³-hybridized carbons (Fsp3) is 0.429.